The average Bonchev–Trinajstić information content (AvgIpc) is 2.72. The number of nitrogen functional groups attached to an aromatic ring is 1. The molecule has 174 valence electrons. The summed E-state index contributed by atoms with van der Waals surface area (Å²) in [6.07, 6.45) is -3.63. The van der Waals surface area contributed by atoms with Gasteiger partial charge in [0.15, 0.2) is 11.5 Å². The molecule has 0 saturated heterocycles. The zero-order valence-electron chi connectivity index (χ0n) is 16.6. The Bertz CT molecular complexity index is 1350. The lowest BCUT2D eigenvalue weighted by atomic mass is 10.2. The van der Waals surface area contributed by atoms with E-state index in [0.717, 1.165) is 30.9 Å². The first-order valence-corrected chi connectivity index (χ1v) is 9.84. The molecule has 0 spiro atoms. The minimum atomic E-state index is -4.99. The molecule has 0 aliphatic carbocycles. The van der Waals surface area contributed by atoms with E-state index in [1.54, 1.807) is 0 Å². The van der Waals surface area contributed by atoms with Gasteiger partial charge in [0.25, 0.3) is 5.56 Å². The molecule has 14 heteroatoms. The van der Waals surface area contributed by atoms with Crippen molar-refractivity contribution in [3.63, 3.8) is 0 Å². The molecule has 9 nitrogen and oxygen atoms in total. The second-order valence-electron chi connectivity index (χ2n) is 6.45. The van der Waals surface area contributed by atoms with E-state index < -0.39 is 46.3 Å². The van der Waals surface area contributed by atoms with Crippen molar-refractivity contribution in [1.82, 2.24) is 14.1 Å². The number of carbonyl (C=O) groups is 1. The maximum atomic E-state index is 14.6. The number of aliphatic carboxylic acids is 1. The Kier molecular flexibility index (Phi) is 6.48. The monoisotopic (exact) mass is 485 g/mol. The molecular formula is C19H13F4N4O5S-. The van der Waals surface area contributed by atoms with Crippen LogP contribution in [0.15, 0.2) is 51.1 Å². The predicted molar refractivity (Wildman–Crippen MR) is 107 cm³/mol. The van der Waals surface area contributed by atoms with Crippen LogP contribution in [0.3, 0.4) is 0 Å². The van der Waals surface area contributed by atoms with Crippen LogP contribution in [0.2, 0.25) is 0 Å². The molecule has 3 aromatic rings. The minimum absolute atomic E-state index is 0.0145. The van der Waals surface area contributed by atoms with E-state index in [2.05, 4.69) is 4.98 Å². The van der Waals surface area contributed by atoms with Crippen LogP contribution < -0.4 is 26.8 Å². The smallest absolute Gasteiger partial charge is 0.431 e. The molecule has 0 aliphatic rings. The van der Waals surface area contributed by atoms with Gasteiger partial charge in [0.2, 0.25) is 0 Å². The van der Waals surface area contributed by atoms with E-state index in [1.165, 1.54) is 18.3 Å². The highest BCUT2D eigenvalue weighted by molar-refractivity contribution is 8.00. The summed E-state index contributed by atoms with van der Waals surface area (Å²) in [5, 5.41) is 10.8. The van der Waals surface area contributed by atoms with Crippen LogP contribution >= 0.6 is 11.8 Å². The number of rotatable bonds is 6. The van der Waals surface area contributed by atoms with Crippen LogP contribution in [0.5, 0.6) is 11.5 Å². The fraction of sp³-hybridized carbons (Fsp3) is 0.158. The van der Waals surface area contributed by atoms with E-state index in [4.69, 9.17) is 10.5 Å². The van der Waals surface area contributed by atoms with Crippen molar-refractivity contribution < 1.29 is 32.2 Å². The van der Waals surface area contributed by atoms with Crippen LogP contribution in [-0.4, -0.2) is 25.8 Å². The van der Waals surface area contributed by atoms with Crippen molar-refractivity contribution in [2.24, 2.45) is 7.05 Å². The van der Waals surface area contributed by atoms with Crippen LogP contribution in [0.25, 0.3) is 5.69 Å². The van der Waals surface area contributed by atoms with Gasteiger partial charge in [-0.05, 0) is 12.1 Å². The number of anilines is 1. The van der Waals surface area contributed by atoms with Gasteiger partial charge in [-0.3, -0.25) is 9.36 Å². The summed E-state index contributed by atoms with van der Waals surface area (Å²) in [5.41, 5.74) is 0.406. The second kappa shape index (κ2) is 8.97. The van der Waals surface area contributed by atoms with E-state index >= 15 is 0 Å². The second-order valence-corrected chi connectivity index (χ2v) is 7.42. The first kappa shape index (κ1) is 23.8. The Morgan fingerprint density at radius 3 is 2.58 bits per heavy atom. The number of nitrogens with two attached hydrogens (primary N) is 1. The number of benzene rings is 1. The van der Waals surface area contributed by atoms with E-state index in [0.29, 0.717) is 0 Å². The Balaban J connectivity index is 2.12. The number of carbonyl (C=O) groups excluding carboxylic acids is 1. The largest absolute Gasteiger partial charge is 0.549 e. The maximum absolute atomic E-state index is 14.6. The summed E-state index contributed by atoms with van der Waals surface area (Å²) in [6, 6.07) is 4.60. The highest BCUT2D eigenvalue weighted by Gasteiger charge is 2.35. The van der Waals surface area contributed by atoms with Crippen LogP contribution in [0, 0.1) is 5.82 Å². The molecule has 2 heterocycles. The first-order valence-electron chi connectivity index (χ1n) is 8.85. The third-order valence-electron chi connectivity index (χ3n) is 4.21. The van der Waals surface area contributed by atoms with Crippen molar-refractivity contribution in [3.8, 4) is 17.2 Å². The van der Waals surface area contributed by atoms with Crippen molar-refractivity contribution in [1.29, 1.82) is 0 Å². The number of thioether (sulfide) groups is 1. The molecule has 33 heavy (non-hydrogen) atoms. The Hall–Kier alpha value is -3.81. The summed E-state index contributed by atoms with van der Waals surface area (Å²) < 4.78 is 59.8. The molecule has 0 fully saturated rings. The van der Waals surface area contributed by atoms with Gasteiger partial charge < -0.3 is 20.4 Å². The number of carboxylic acid groups (broad SMARTS) is 1. The number of alkyl halides is 3. The Morgan fingerprint density at radius 2 is 1.94 bits per heavy atom. The molecular weight excluding hydrogens is 472 g/mol. The number of carboxylic acids is 1. The summed E-state index contributed by atoms with van der Waals surface area (Å²) in [7, 11) is 0.782. The molecule has 2 aromatic heterocycles. The van der Waals surface area contributed by atoms with Crippen LogP contribution in [0.4, 0.5) is 23.2 Å². The molecule has 3 rings (SSSR count). The minimum Gasteiger partial charge on any atom is -0.549 e. The molecule has 0 saturated carbocycles. The lowest BCUT2D eigenvalue weighted by Crippen LogP contribution is -2.41. The first-order chi connectivity index (χ1) is 15.4. The molecule has 0 atom stereocenters. The number of nitrogens with zero attached hydrogens (tertiary/aromatic N) is 3. The van der Waals surface area contributed by atoms with Gasteiger partial charge in [-0.1, -0.05) is 11.8 Å². The number of hydrogen-bond donors (Lipinski definition) is 1. The fourth-order valence-corrected chi connectivity index (χ4v) is 3.39. The van der Waals surface area contributed by atoms with Gasteiger partial charge in [-0.25, -0.2) is 18.7 Å². The van der Waals surface area contributed by atoms with Crippen LogP contribution in [0.1, 0.15) is 5.69 Å². The van der Waals surface area contributed by atoms with E-state index in [1.807, 2.05) is 0 Å². The summed E-state index contributed by atoms with van der Waals surface area (Å²) in [6.45, 7) is 0. The quantitative estimate of drug-likeness (QED) is 0.314. The third-order valence-corrected chi connectivity index (χ3v) is 5.17. The molecule has 0 bridgehead atoms. The van der Waals surface area contributed by atoms with Crippen molar-refractivity contribution in [3.05, 3.63) is 68.9 Å². The predicted octanol–water partition coefficient (Wildman–Crippen LogP) is 1.31. The molecule has 0 radical (unpaired) electrons. The Morgan fingerprint density at radius 1 is 1.24 bits per heavy atom. The van der Waals surface area contributed by atoms with Crippen LogP contribution in [-0.2, 0) is 18.0 Å². The van der Waals surface area contributed by atoms with E-state index in [9.17, 15) is 37.1 Å². The highest BCUT2D eigenvalue weighted by Crippen LogP contribution is 2.35. The van der Waals surface area contributed by atoms with Gasteiger partial charge >= 0.3 is 11.9 Å². The molecule has 1 aromatic carbocycles. The van der Waals surface area contributed by atoms with Gasteiger partial charge in [0, 0.05) is 37.2 Å². The Labute approximate surface area is 186 Å². The molecule has 2 N–H and O–H groups in total. The van der Waals surface area contributed by atoms with E-state index in [-0.39, 0.29) is 37.4 Å². The average molecular weight is 485 g/mol. The van der Waals surface area contributed by atoms with Gasteiger partial charge in [0.05, 0.1) is 17.3 Å². The lowest BCUT2D eigenvalue weighted by Gasteiger charge is -2.16. The van der Waals surface area contributed by atoms with Gasteiger partial charge in [-0.15, -0.1) is 0 Å². The zero-order chi connectivity index (χ0) is 24.5. The SMILES string of the molecule is Cn1c(C(F)(F)F)cc(=O)n(-c2cc(Oc3cccnc3SCC(=O)[O-])c(N)cc2F)c1=O. The zero-order valence-corrected chi connectivity index (χ0v) is 17.4. The molecule has 0 amide bonds. The summed E-state index contributed by atoms with van der Waals surface area (Å²) in [4.78, 5) is 39.5. The van der Waals surface area contributed by atoms with Crippen molar-refractivity contribution >= 4 is 23.4 Å². The normalized spacial score (nSPS) is 11.4. The lowest BCUT2D eigenvalue weighted by molar-refractivity contribution is -0.301. The maximum Gasteiger partial charge on any atom is 0.431 e. The van der Waals surface area contributed by atoms with Gasteiger partial charge in [-0.2, -0.15) is 13.2 Å². The third kappa shape index (κ3) is 5.00. The number of halogens is 4. The number of aromatic nitrogens is 3. The fourth-order valence-electron chi connectivity index (χ4n) is 2.75. The number of hydrogen-bond acceptors (Lipinski definition) is 8. The highest BCUT2D eigenvalue weighted by atomic mass is 32.2. The molecule has 0 unspecified atom stereocenters. The topological polar surface area (TPSA) is 132 Å². The number of ether oxygens (including phenoxy) is 1. The number of pyridine rings is 1. The van der Waals surface area contributed by atoms with Gasteiger partial charge in [0.1, 0.15) is 16.5 Å². The van der Waals surface area contributed by atoms with Crippen molar-refractivity contribution in [2.45, 2.75) is 11.2 Å². The summed E-state index contributed by atoms with van der Waals surface area (Å²) in [5.74, 6) is -3.23. The summed E-state index contributed by atoms with van der Waals surface area (Å²) >= 11 is 0.767. The standard InChI is InChI=1S/C19H14F4N4O5S/c1-26-14(19(21,22)23)7-15(28)27(18(26)31)11-6-13(10(24)5-9(11)20)32-12-3-2-4-25-17(12)33-8-16(29)30/h2-7H,8,24H2,1H3,(H,29,30)/p-1. The van der Waals surface area contributed by atoms with Crippen molar-refractivity contribution in [2.75, 3.05) is 11.5 Å². The molecule has 0 aliphatic heterocycles.